The van der Waals surface area contributed by atoms with E-state index in [-0.39, 0.29) is 24.7 Å². The first-order chi connectivity index (χ1) is 5.68. The molecule has 0 saturated heterocycles. The number of halogens is 1. The van der Waals surface area contributed by atoms with Crippen LogP contribution in [-0.2, 0) is 4.79 Å². The van der Waals surface area contributed by atoms with Gasteiger partial charge in [-0.05, 0) is 24.3 Å². The Labute approximate surface area is 81.6 Å². The fourth-order valence-corrected chi connectivity index (χ4v) is 0.757. The van der Waals surface area contributed by atoms with Gasteiger partial charge in [0.1, 0.15) is 12.3 Å². The minimum Gasteiger partial charge on any atom is -0.508 e. The van der Waals surface area contributed by atoms with E-state index in [9.17, 15) is 4.79 Å². The molecule has 0 heterocycles. The maximum absolute atomic E-state index is 10.1. The van der Waals surface area contributed by atoms with Crippen LogP contribution in [0.25, 0.3) is 0 Å². The fraction of sp³-hybridized carbons (Fsp3) is 0.125. The van der Waals surface area contributed by atoms with Crippen LogP contribution in [0.4, 0.5) is 5.69 Å². The van der Waals surface area contributed by atoms with Crippen molar-refractivity contribution in [2.45, 2.75) is 0 Å². The van der Waals surface area contributed by atoms with Gasteiger partial charge in [-0.2, -0.15) is 0 Å². The van der Waals surface area contributed by atoms with Crippen LogP contribution >= 0.6 is 12.4 Å². The summed E-state index contributed by atoms with van der Waals surface area (Å²) < 4.78 is 0. The largest absolute Gasteiger partial charge is 0.508 e. The summed E-state index contributed by atoms with van der Waals surface area (Å²) in [5.41, 5.74) is 0.676. The van der Waals surface area contributed by atoms with E-state index in [0.29, 0.717) is 5.69 Å². The topological polar surface area (TPSA) is 69.6 Å². The smallest absolute Gasteiger partial charge is 0.322 e. The minimum absolute atomic E-state index is 0. The Kier molecular flexibility index (Phi) is 4.69. The van der Waals surface area contributed by atoms with Crippen molar-refractivity contribution >= 4 is 24.1 Å². The third-order valence-electron chi connectivity index (χ3n) is 1.31. The summed E-state index contributed by atoms with van der Waals surface area (Å²) in [5, 5.41) is 19.9. The first-order valence-electron chi connectivity index (χ1n) is 3.43. The molecule has 72 valence electrons. The molecule has 0 aromatic heterocycles. The van der Waals surface area contributed by atoms with Crippen LogP contribution in [-0.4, -0.2) is 22.7 Å². The highest BCUT2D eigenvalue weighted by Gasteiger charge is 1.95. The van der Waals surface area contributed by atoms with Crippen LogP contribution in [0, 0.1) is 0 Å². The van der Waals surface area contributed by atoms with Crippen molar-refractivity contribution in [3.63, 3.8) is 0 Å². The second-order valence-corrected chi connectivity index (χ2v) is 2.29. The van der Waals surface area contributed by atoms with Gasteiger partial charge in [0.15, 0.2) is 0 Å². The highest BCUT2D eigenvalue weighted by molar-refractivity contribution is 5.85. The van der Waals surface area contributed by atoms with E-state index in [1.807, 2.05) is 0 Å². The lowest BCUT2D eigenvalue weighted by Gasteiger charge is -2.01. The van der Waals surface area contributed by atoms with E-state index in [2.05, 4.69) is 5.32 Å². The molecule has 3 N–H and O–H groups in total. The normalized spacial score (nSPS) is 8.62. The predicted molar refractivity (Wildman–Crippen MR) is 51.5 cm³/mol. The highest BCUT2D eigenvalue weighted by Crippen LogP contribution is 2.12. The first kappa shape index (κ1) is 11.6. The molecule has 1 rings (SSSR count). The number of nitrogens with one attached hydrogen (secondary N) is 1. The number of carbonyl (C=O) groups is 1. The zero-order chi connectivity index (χ0) is 8.97. The molecule has 0 unspecified atom stereocenters. The Morgan fingerprint density at radius 1 is 1.31 bits per heavy atom. The van der Waals surface area contributed by atoms with Crippen LogP contribution in [0.15, 0.2) is 24.3 Å². The molecule has 0 aliphatic carbocycles. The summed E-state index contributed by atoms with van der Waals surface area (Å²) in [6.45, 7) is -0.120. The van der Waals surface area contributed by atoms with E-state index < -0.39 is 5.97 Å². The van der Waals surface area contributed by atoms with Crippen molar-refractivity contribution in [2.24, 2.45) is 0 Å². The van der Waals surface area contributed by atoms with E-state index >= 15 is 0 Å². The zero-order valence-electron chi connectivity index (χ0n) is 6.73. The summed E-state index contributed by atoms with van der Waals surface area (Å²) >= 11 is 0. The summed E-state index contributed by atoms with van der Waals surface area (Å²) in [7, 11) is 0. The number of anilines is 1. The monoisotopic (exact) mass is 203 g/mol. The van der Waals surface area contributed by atoms with Crippen LogP contribution in [0.5, 0.6) is 5.75 Å². The van der Waals surface area contributed by atoms with Gasteiger partial charge in [0.2, 0.25) is 0 Å². The lowest BCUT2D eigenvalue weighted by molar-refractivity contribution is -0.134. The standard InChI is InChI=1S/C8H9NO3.ClH/c10-7-3-1-6(2-4-7)9-5-8(11)12;/h1-4,9-10H,5H2,(H,11,12);1H. The molecule has 0 aliphatic rings. The Balaban J connectivity index is 0.00000144. The molecule has 0 saturated carbocycles. The van der Waals surface area contributed by atoms with Crippen molar-refractivity contribution < 1.29 is 15.0 Å². The van der Waals surface area contributed by atoms with Gasteiger partial charge < -0.3 is 15.5 Å². The average molecular weight is 204 g/mol. The van der Waals surface area contributed by atoms with Crippen molar-refractivity contribution in [1.82, 2.24) is 0 Å². The van der Waals surface area contributed by atoms with Crippen LogP contribution in [0.3, 0.4) is 0 Å². The Bertz CT molecular complexity index is 273. The van der Waals surface area contributed by atoms with Gasteiger partial charge in [0.05, 0.1) is 0 Å². The van der Waals surface area contributed by atoms with E-state index in [0.717, 1.165) is 0 Å². The molecule has 0 bridgehead atoms. The summed E-state index contributed by atoms with van der Waals surface area (Å²) in [6.07, 6.45) is 0. The van der Waals surface area contributed by atoms with Crippen LogP contribution < -0.4 is 5.32 Å². The molecule has 1 aromatic rings. The van der Waals surface area contributed by atoms with E-state index in [4.69, 9.17) is 10.2 Å². The lowest BCUT2D eigenvalue weighted by atomic mass is 10.3. The number of rotatable bonds is 3. The van der Waals surface area contributed by atoms with Crippen molar-refractivity contribution in [3.8, 4) is 5.75 Å². The molecule has 4 nitrogen and oxygen atoms in total. The highest BCUT2D eigenvalue weighted by atomic mass is 35.5. The van der Waals surface area contributed by atoms with Gasteiger partial charge in [0, 0.05) is 5.69 Å². The Morgan fingerprint density at radius 3 is 2.31 bits per heavy atom. The van der Waals surface area contributed by atoms with Gasteiger partial charge in [-0.1, -0.05) is 0 Å². The number of carboxylic acid groups (broad SMARTS) is 1. The van der Waals surface area contributed by atoms with Crippen molar-refractivity contribution in [1.29, 1.82) is 0 Å². The van der Waals surface area contributed by atoms with E-state index in [1.54, 1.807) is 12.1 Å². The number of phenols is 1. The summed E-state index contributed by atoms with van der Waals surface area (Å²) in [4.78, 5) is 10.1. The van der Waals surface area contributed by atoms with Crippen LogP contribution in [0.2, 0.25) is 0 Å². The maximum atomic E-state index is 10.1. The molecule has 0 radical (unpaired) electrons. The number of aromatic hydroxyl groups is 1. The molecular formula is C8H10ClNO3. The van der Waals surface area contributed by atoms with Crippen molar-refractivity contribution in [3.05, 3.63) is 24.3 Å². The van der Waals surface area contributed by atoms with Gasteiger partial charge in [-0.3, -0.25) is 4.79 Å². The first-order valence-corrected chi connectivity index (χ1v) is 3.43. The van der Waals surface area contributed by atoms with Crippen LogP contribution in [0.1, 0.15) is 0 Å². The molecule has 13 heavy (non-hydrogen) atoms. The van der Waals surface area contributed by atoms with Gasteiger partial charge in [-0.25, -0.2) is 0 Å². The number of carboxylic acids is 1. The van der Waals surface area contributed by atoms with Gasteiger partial charge >= 0.3 is 5.97 Å². The van der Waals surface area contributed by atoms with Gasteiger partial charge in [-0.15, -0.1) is 12.4 Å². The third kappa shape index (κ3) is 4.22. The molecular weight excluding hydrogens is 194 g/mol. The number of hydrogen-bond acceptors (Lipinski definition) is 3. The Hall–Kier alpha value is -1.42. The molecule has 0 spiro atoms. The molecule has 0 fully saturated rings. The number of aliphatic carboxylic acids is 1. The van der Waals surface area contributed by atoms with E-state index in [1.165, 1.54) is 12.1 Å². The van der Waals surface area contributed by atoms with Gasteiger partial charge in [0.25, 0.3) is 0 Å². The zero-order valence-corrected chi connectivity index (χ0v) is 7.54. The summed E-state index contributed by atoms with van der Waals surface area (Å²) in [5.74, 6) is -0.751. The molecule has 0 aliphatic heterocycles. The summed E-state index contributed by atoms with van der Waals surface area (Å²) in [6, 6.07) is 6.20. The fourth-order valence-electron chi connectivity index (χ4n) is 0.757. The second kappa shape index (κ2) is 5.27. The molecule has 0 atom stereocenters. The third-order valence-corrected chi connectivity index (χ3v) is 1.31. The molecule has 1 aromatic carbocycles. The predicted octanol–water partition coefficient (Wildman–Crippen LogP) is 1.31. The maximum Gasteiger partial charge on any atom is 0.322 e. The number of hydrogen-bond donors (Lipinski definition) is 3. The van der Waals surface area contributed by atoms with Crippen molar-refractivity contribution in [2.75, 3.05) is 11.9 Å². The number of phenolic OH excluding ortho intramolecular Hbond substituents is 1. The molecule has 0 amide bonds. The molecule has 5 heteroatoms. The lowest BCUT2D eigenvalue weighted by Crippen LogP contribution is -2.11. The number of benzene rings is 1. The second-order valence-electron chi connectivity index (χ2n) is 2.29. The average Bonchev–Trinajstić information content (AvgIpc) is 2.03. The SMILES string of the molecule is Cl.O=C(O)CNc1ccc(O)cc1. The minimum atomic E-state index is -0.914. The quantitative estimate of drug-likeness (QED) is 0.648. The Morgan fingerprint density at radius 2 is 1.85 bits per heavy atom.